The Balaban J connectivity index is 2.74. The van der Waals surface area contributed by atoms with Gasteiger partial charge in [-0.2, -0.15) is 0 Å². The van der Waals surface area contributed by atoms with Gasteiger partial charge in [-0.1, -0.05) is 13.8 Å². The molecule has 1 aromatic rings. The maximum atomic E-state index is 8.88. The molecular formula is C11H19N3O. The molecule has 0 amide bonds. The first-order chi connectivity index (χ1) is 7.17. The van der Waals surface area contributed by atoms with Crippen molar-refractivity contribution in [3.8, 4) is 0 Å². The summed E-state index contributed by atoms with van der Waals surface area (Å²) in [5, 5.41) is 8.88. The van der Waals surface area contributed by atoms with Crippen LogP contribution in [0.2, 0.25) is 0 Å². The summed E-state index contributed by atoms with van der Waals surface area (Å²) in [6.45, 7) is 8.28. The van der Waals surface area contributed by atoms with Crippen LogP contribution in [0.15, 0.2) is 12.4 Å². The molecule has 1 aromatic heterocycles. The molecule has 0 fully saturated rings. The molecule has 1 N–H and O–H groups in total. The Kier molecular flexibility index (Phi) is 4.49. The second-order valence-corrected chi connectivity index (χ2v) is 3.98. The predicted octanol–water partition coefficient (Wildman–Crippen LogP) is 1.45. The lowest BCUT2D eigenvalue weighted by Crippen LogP contribution is -2.28. The maximum absolute atomic E-state index is 8.88. The fourth-order valence-electron chi connectivity index (χ4n) is 1.39. The molecule has 0 aliphatic carbocycles. The monoisotopic (exact) mass is 209 g/mol. The summed E-state index contributed by atoms with van der Waals surface area (Å²) >= 11 is 0. The molecule has 15 heavy (non-hydrogen) atoms. The zero-order valence-electron chi connectivity index (χ0n) is 9.64. The highest BCUT2D eigenvalue weighted by molar-refractivity contribution is 5.29. The third-order valence-corrected chi connectivity index (χ3v) is 2.12. The molecule has 1 rings (SSSR count). The van der Waals surface area contributed by atoms with Crippen molar-refractivity contribution in [2.75, 3.05) is 18.0 Å². The van der Waals surface area contributed by atoms with Crippen LogP contribution in [0.5, 0.6) is 0 Å². The zero-order valence-corrected chi connectivity index (χ0v) is 9.64. The average molecular weight is 209 g/mol. The number of aromatic nitrogens is 2. The van der Waals surface area contributed by atoms with Gasteiger partial charge in [0, 0.05) is 31.0 Å². The number of hydrogen-bond donors (Lipinski definition) is 1. The van der Waals surface area contributed by atoms with E-state index in [4.69, 9.17) is 5.11 Å². The Hall–Kier alpha value is -1.16. The van der Waals surface area contributed by atoms with Gasteiger partial charge in [0.1, 0.15) is 0 Å². The predicted molar refractivity (Wildman–Crippen MR) is 60.7 cm³/mol. The molecule has 0 unspecified atom stereocenters. The molecule has 0 atom stereocenters. The molecule has 0 aliphatic heterocycles. The van der Waals surface area contributed by atoms with Crippen molar-refractivity contribution < 1.29 is 5.11 Å². The summed E-state index contributed by atoms with van der Waals surface area (Å²) in [6.07, 6.45) is 3.34. The van der Waals surface area contributed by atoms with Gasteiger partial charge >= 0.3 is 0 Å². The Morgan fingerprint density at radius 3 is 2.33 bits per heavy atom. The molecule has 0 radical (unpaired) electrons. The number of rotatable bonds is 5. The lowest BCUT2D eigenvalue weighted by molar-refractivity contribution is 0.281. The third kappa shape index (κ3) is 3.47. The minimum atomic E-state index is -0.00339. The summed E-state index contributed by atoms with van der Waals surface area (Å²) in [7, 11) is 0. The van der Waals surface area contributed by atoms with Crippen LogP contribution in [0.4, 0.5) is 5.95 Å². The van der Waals surface area contributed by atoms with Gasteiger partial charge in [0.25, 0.3) is 0 Å². The van der Waals surface area contributed by atoms with Gasteiger partial charge in [-0.15, -0.1) is 0 Å². The van der Waals surface area contributed by atoms with E-state index in [0.29, 0.717) is 5.92 Å². The normalized spacial score (nSPS) is 10.7. The summed E-state index contributed by atoms with van der Waals surface area (Å²) in [6, 6.07) is 0. The van der Waals surface area contributed by atoms with Crippen LogP contribution < -0.4 is 4.90 Å². The van der Waals surface area contributed by atoms with Crippen molar-refractivity contribution >= 4 is 5.95 Å². The lowest BCUT2D eigenvalue weighted by atomic mass is 10.2. The quantitative estimate of drug-likeness (QED) is 0.797. The number of aliphatic hydroxyl groups excluding tert-OH is 1. The van der Waals surface area contributed by atoms with Crippen LogP contribution in [-0.4, -0.2) is 28.2 Å². The van der Waals surface area contributed by atoms with Gasteiger partial charge in [0.2, 0.25) is 5.95 Å². The summed E-state index contributed by atoms with van der Waals surface area (Å²) < 4.78 is 0. The van der Waals surface area contributed by atoms with Gasteiger partial charge in [0.05, 0.1) is 6.61 Å². The van der Waals surface area contributed by atoms with Gasteiger partial charge < -0.3 is 10.0 Å². The first-order valence-corrected chi connectivity index (χ1v) is 5.34. The zero-order chi connectivity index (χ0) is 11.3. The van der Waals surface area contributed by atoms with Crippen molar-refractivity contribution in [3.05, 3.63) is 18.0 Å². The minimum absolute atomic E-state index is 0.00339. The fraction of sp³-hybridized carbons (Fsp3) is 0.636. The molecule has 1 heterocycles. The van der Waals surface area contributed by atoms with Gasteiger partial charge in [-0.3, -0.25) is 0 Å². The SMILES string of the molecule is CCN(CC(C)C)c1ncc(CO)cn1. The molecule has 0 aliphatic rings. The molecule has 0 aromatic carbocycles. The molecule has 4 nitrogen and oxygen atoms in total. The van der Waals surface area contributed by atoms with E-state index in [2.05, 4.69) is 35.6 Å². The number of anilines is 1. The topological polar surface area (TPSA) is 49.2 Å². The van der Waals surface area contributed by atoms with Crippen molar-refractivity contribution in [1.82, 2.24) is 9.97 Å². The second kappa shape index (κ2) is 5.66. The largest absolute Gasteiger partial charge is 0.392 e. The molecule has 0 spiro atoms. The number of aliphatic hydroxyl groups is 1. The molecule has 0 saturated carbocycles. The van der Waals surface area contributed by atoms with E-state index in [9.17, 15) is 0 Å². The Labute approximate surface area is 91.0 Å². The molecule has 84 valence electrons. The third-order valence-electron chi connectivity index (χ3n) is 2.12. The molecule has 4 heteroatoms. The van der Waals surface area contributed by atoms with Crippen molar-refractivity contribution in [2.45, 2.75) is 27.4 Å². The average Bonchev–Trinajstić information content (AvgIpc) is 2.26. The number of hydrogen-bond acceptors (Lipinski definition) is 4. The second-order valence-electron chi connectivity index (χ2n) is 3.98. The van der Waals surface area contributed by atoms with Crippen LogP contribution >= 0.6 is 0 Å². The molecular weight excluding hydrogens is 190 g/mol. The van der Waals surface area contributed by atoms with E-state index in [1.54, 1.807) is 12.4 Å². The van der Waals surface area contributed by atoms with E-state index < -0.39 is 0 Å². The number of nitrogens with zero attached hydrogens (tertiary/aromatic N) is 3. The van der Waals surface area contributed by atoms with E-state index in [0.717, 1.165) is 24.6 Å². The Bertz CT molecular complexity index is 284. The van der Waals surface area contributed by atoms with Crippen LogP contribution in [-0.2, 0) is 6.61 Å². The summed E-state index contributed by atoms with van der Waals surface area (Å²) in [5.74, 6) is 1.33. The van der Waals surface area contributed by atoms with Crippen LogP contribution in [0.1, 0.15) is 26.3 Å². The van der Waals surface area contributed by atoms with Gasteiger partial charge in [0.15, 0.2) is 0 Å². The minimum Gasteiger partial charge on any atom is -0.392 e. The summed E-state index contributed by atoms with van der Waals surface area (Å²) in [5.41, 5.74) is 0.749. The lowest BCUT2D eigenvalue weighted by Gasteiger charge is -2.22. The first kappa shape index (κ1) is 11.9. The fourth-order valence-corrected chi connectivity index (χ4v) is 1.39. The Morgan fingerprint density at radius 1 is 1.33 bits per heavy atom. The Morgan fingerprint density at radius 2 is 1.93 bits per heavy atom. The molecule has 0 bridgehead atoms. The van der Waals surface area contributed by atoms with Crippen molar-refractivity contribution in [3.63, 3.8) is 0 Å². The maximum Gasteiger partial charge on any atom is 0.225 e. The first-order valence-electron chi connectivity index (χ1n) is 5.34. The van der Waals surface area contributed by atoms with E-state index in [1.165, 1.54) is 0 Å². The van der Waals surface area contributed by atoms with E-state index in [1.807, 2.05) is 0 Å². The van der Waals surface area contributed by atoms with Gasteiger partial charge in [-0.25, -0.2) is 9.97 Å². The smallest absolute Gasteiger partial charge is 0.225 e. The highest BCUT2D eigenvalue weighted by Gasteiger charge is 2.08. The highest BCUT2D eigenvalue weighted by Crippen LogP contribution is 2.09. The molecule has 0 saturated heterocycles. The van der Waals surface area contributed by atoms with Crippen molar-refractivity contribution in [1.29, 1.82) is 0 Å². The standard InChI is InChI=1S/C11H19N3O/c1-4-14(7-9(2)3)11-12-5-10(8-15)6-13-11/h5-6,9,15H,4,7-8H2,1-3H3. The summed E-state index contributed by atoms with van der Waals surface area (Å²) in [4.78, 5) is 10.6. The van der Waals surface area contributed by atoms with Crippen LogP contribution in [0.25, 0.3) is 0 Å². The van der Waals surface area contributed by atoms with E-state index >= 15 is 0 Å². The van der Waals surface area contributed by atoms with Crippen LogP contribution in [0, 0.1) is 5.92 Å². The highest BCUT2D eigenvalue weighted by atomic mass is 16.3. The van der Waals surface area contributed by atoms with Crippen molar-refractivity contribution in [2.24, 2.45) is 5.92 Å². The van der Waals surface area contributed by atoms with E-state index in [-0.39, 0.29) is 6.61 Å². The van der Waals surface area contributed by atoms with Gasteiger partial charge in [-0.05, 0) is 12.8 Å². The van der Waals surface area contributed by atoms with Crippen LogP contribution in [0.3, 0.4) is 0 Å².